The Morgan fingerprint density at radius 2 is 1.75 bits per heavy atom. The highest BCUT2D eigenvalue weighted by atomic mass is 16.5. The number of carboxylic acids is 1. The molecule has 0 radical (unpaired) electrons. The van der Waals surface area contributed by atoms with Crippen LogP contribution in [0.15, 0.2) is 0 Å². The molecule has 0 amide bonds. The first-order chi connectivity index (χ1) is 7.31. The number of carbonyl (C=O) groups is 2. The van der Waals surface area contributed by atoms with Crippen LogP contribution in [0.3, 0.4) is 0 Å². The summed E-state index contributed by atoms with van der Waals surface area (Å²) in [4.78, 5) is 20.7. The fourth-order valence-electron chi connectivity index (χ4n) is 1.05. The van der Waals surface area contributed by atoms with Gasteiger partial charge in [0, 0.05) is 0 Å². The predicted octanol–water partition coefficient (Wildman–Crippen LogP) is -1.85. The molecule has 0 unspecified atom stereocenters. The van der Waals surface area contributed by atoms with Crippen molar-refractivity contribution in [2.75, 3.05) is 0 Å². The summed E-state index contributed by atoms with van der Waals surface area (Å²) in [5.74, 6) is -1.28. The molecule has 4 N–H and O–H groups in total. The maximum atomic E-state index is 10.5. The first-order valence-electron chi connectivity index (χ1n) is 4.69. The van der Waals surface area contributed by atoms with Crippen LogP contribution in [0.2, 0.25) is 0 Å². The number of rotatable bonds is 7. The minimum atomic E-state index is -1.74. The standard InChI is InChI=1S/C9H16O7/c1-4(11)8(7(13)6(12)3-10)16-5(2)9(14)15/h3-8,11-13H,1-2H3,(H,14,15)/t4-,5+,6-,7-,8-/m0/s1. The highest BCUT2D eigenvalue weighted by molar-refractivity contribution is 5.71. The number of aliphatic hydroxyl groups excluding tert-OH is 3. The summed E-state index contributed by atoms with van der Waals surface area (Å²) in [6.45, 7) is 2.46. The van der Waals surface area contributed by atoms with Gasteiger partial charge >= 0.3 is 5.97 Å². The molecule has 0 fully saturated rings. The highest BCUT2D eigenvalue weighted by Crippen LogP contribution is 2.11. The Kier molecular flexibility index (Phi) is 6.12. The van der Waals surface area contributed by atoms with Crippen LogP contribution in [0.4, 0.5) is 0 Å². The Morgan fingerprint density at radius 3 is 2.06 bits per heavy atom. The molecule has 0 aliphatic heterocycles. The number of aliphatic carboxylic acids is 1. The fourth-order valence-corrected chi connectivity index (χ4v) is 1.05. The van der Waals surface area contributed by atoms with Crippen LogP contribution in [0.1, 0.15) is 13.8 Å². The number of carboxylic acid groups (broad SMARTS) is 1. The Labute approximate surface area is 92.3 Å². The van der Waals surface area contributed by atoms with Gasteiger partial charge in [-0.25, -0.2) is 4.79 Å². The van der Waals surface area contributed by atoms with Gasteiger partial charge < -0.3 is 30.0 Å². The molecule has 0 aromatic carbocycles. The predicted molar refractivity (Wildman–Crippen MR) is 51.7 cm³/mol. The lowest BCUT2D eigenvalue weighted by atomic mass is 10.0. The second-order valence-electron chi connectivity index (χ2n) is 3.44. The topological polar surface area (TPSA) is 124 Å². The Balaban J connectivity index is 4.61. The average Bonchev–Trinajstić information content (AvgIpc) is 2.22. The van der Waals surface area contributed by atoms with Crippen LogP contribution in [0.5, 0.6) is 0 Å². The van der Waals surface area contributed by atoms with Gasteiger partial charge in [-0.2, -0.15) is 0 Å². The van der Waals surface area contributed by atoms with E-state index in [2.05, 4.69) is 0 Å². The number of aldehydes is 1. The van der Waals surface area contributed by atoms with Gasteiger partial charge in [-0.3, -0.25) is 0 Å². The summed E-state index contributed by atoms with van der Waals surface area (Å²) >= 11 is 0. The van der Waals surface area contributed by atoms with Gasteiger partial charge in [-0.15, -0.1) is 0 Å². The van der Waals surface area contributed by atoms with Gasteiger partial charge in [0.15, 0.2) is 12.4 Å². The molecule has 7 heteroatoms. The molecule has 0 saturated heterocycles. The van der Waals surface area contributed by atoms with Gasteiger partial charge in [0.2, 0.25) is 0 Å². The molecule has 0 heterocycles. The quantitative estimate of drug-likeness (QED) is 0.382. The number of hydrogen-bond donors (Lipinski definition) is 4. The fraction of sp³-hybridized carbons (Fsp3) is 0.778. The van der Waals surface area contributed by atoms with Crippen molar-refractivity contribution in [3.8, 4) is 0 Å². The number of ether oxygens (including phenoxy) is 1. The van der Waals surface area contributed by atoms with Crippen molar-refractivity contribution >= 4 is 12.3 Å². The van der Waals surface area contributed by atoms with Crippen molar-refractivity contribution in [2.24, 2.45) is 0 Å². The molecule has 7 nitrogen and oxygen atoms in total. The largest absolute Gasteiger partial charge is 0.479 e. The molecule has 16 heavy (non-hydrogen) atoms. The first kappa shape index (κ1) is 15.0. The summed E-state index contributed by atoms with van der Waals surface area (Å²) in [7, 11) is 0. The second-order valence-corrected chi connectivity index (χ2v) is 3.44. The molecule has 0 rings (SSSR count). The normalized spacial score (nSPS) is 20.6. The summed E-state index contributed by atoms with van der Waals surface area (Å²) in [6, 6.07) is 0. The van der Waals surface area contributed by atoms with Gasteiger partial charge in [0.05, 0.1) is 6.10 Å². The summed E-state index contributed by atoms with van der Waals surface area (Å²) < 4.78 is 4.84. The van der Waals surface area contributed by atoms with E-state index in [1.54, 1.807) is 0 Å². The zero-order valence-electron chi connectivity index (χ0n) is 8.98. The zero-order valence-corrected chi connectivity index (χ0v) is 8.98. The van der Waals surface area contributed by atoms with Crippen LogP contribution < -0.4 is 0 Å². The van der Waals surface area contributed by atoms with Gasteiger partial charge in [0.25, 0.3) is 0 Å². The third kappa shape index (κ3) is 4.23. The van der Waals surface area contributed by atoms with Crippen LogP contribution >= 0.6 is 0 Å². The van der Waals surface area contributed by atoms with Crippen LogP contribution in [-0.4, -0.2) is 63.2 Å². The Hall–Kier alpha value is -1.02. The van der Waals surface area contributed by atoms with Crippen molar-refractivity contribution in [2.45, 2.75) is 44.4 Å². The molecular weight excluding hydrogens is 220 g/mol. The number of aliphatic hydroxyl groups is 3. The van der Waals surface area contributed by atoms with E-state index in [4.69, 9.17) is 14.9 Å². The molecule has 0 aliphatic carbocycles. The van der Waals surface area contributed by atoms with Crippen molar-refractivity contribution in [1.82, 2.24) is 0 Å². The Bertz CT molecular complexity index is 240. The monoisotopic (exact) mass is 236 g/mol. The van der Waals surface area contributed by atoms with Crippen LogP contribution in [0.25, 0.3) is 0 Å². The van der Waals surface area contributed by atoms with E-state index < -0.39 is 36.5 Å². The lowest BCUT2D eigenvalue weighted by molar-refractivity contribution is -0.174. The minimum absolute atomic E-state index is 0.0782. The molecule has 0 aromatic heterocycles. The van der Waals surface area contributed by atoms with Crippen LogP contribution in [0, 0.1) is 0 Å². The van der Waals surface area contributed by atoms with E-state index in [1.807, 2.05) is 0 Å². The maximum Gasteiger partial charge on any atom is 0.332 e. The van der Waals surface area contributed by atoms with Gasteiger partial charge in [0.1, 0.15) is 18.3 Å². The molecule has 0 saturated carbocycles. The highest BCUT2D eigenvalue weighted by Gasteiger charge is 2.33. The molecular formula is C9H16O7. The van der Waals surface area contributed by atoms with Gasteiger partial charge in [-0.05, 0) is 13.8 Å². The SMILES string of the molecule is C[C@H](O)[C@H](O[C@H](C)C(=O)O)[C@@H](O)[C@@H](O)C=O. The maximum absolute atomic E-state index is 10.5. The third-order valence-electron chi connectivity index (χ3n) is 2.01. The van der Waals surface area contributed by atoms with Crippen molar-refractivity contribution < 1.29 is 34.8 Å². The summed E-state index contributed by atoms with van der Waals surface area (Å²) in [5, 5.41) is 36.3. The van der Waals surface area contributed by atoms with E-state index in [1.165, 1.54) is 13.8 Å². The van der Waals surface area contributed by atoms with E-state index >= 15 is 0 Å². The van der Waals surface area contributed by atoms with Crippen molar-refractivity contribution in [3.05, 3.63) is 0 Å². The van der Waals surface area contributed by atoms with Crippen molar-refractivity contribution in [3.63, 3.8) is 0 Å². The van der Waals surface area contributed by atoms with E-state index in [0.717, 1.165) is 0 Å². The lowest BCUT2D eigenvalue weighted by Gasteiger charge is -2.28. The van der Waals surface area contributed by atoms with Gasteiger partial charge in [-0.1, -0.05) is 0 Å². The molecule has 0 spiro atoms. The van der Waals surface area contributed by atoms with E-state index in [0.29, 0.717) is 0 Å². The minimum Gasteiger partial charge on any atom is -0.479 e. The number of hydrogen-bond acceptors (Lipinski definition) is 6. The second kappa shape index (κ2) is 6.54. The molecule has 0 aliphatic rings. The summed E-state index contributed by atoms with van der Waals surface area (Å²) in [6.07, 6.45) is -7.19. The van der Waals surface area contributed by atoms with Crippen molar-refractivity contribution in [1.29, 1.82) is 0 Å². The lowest BCUT2D eigenvalue weighted by Crippen LogP contribution is -2.48. The van der Waals surface area contributed by atoms with E-state index in [-0.39, 0.29) is 6.29 Å². The number of carbonyl (C=O) groups excluding carboxylic acids is 1. The molecule has 5 atom stereocenters. The summed E-state index contributed by atoms with van der Waals surface area (Å²) in [5.41, 5.74) is 0. The molecule has 0 bridgehead atoms. The van der Waals surface area contributed by atoms with Crippen LogP contribution in [-0.2, 0) is 14.3 Å². The van der Waals surface area contributed by atoms with E-state index in [9.17, 15) is 19.8 Å². The Morgan fingerprint density at radius 1 is 1.25 bits per heavy atom. The molecule has 94 valence electrons. The smallest absolute Gasteiger partial charge is 0.332 e. The third-order valence-corrected chi connectivity index (χ3v) is 2.01. The average molecular weight is 236 g/mol. The molecule has 0 aromatic rings. The zero-order chi connectivity index (χ0) is 12.9. The first-order valence-corrected chi connectivity index (χ1v) is 4.69.